The number of esters is 1. The summed E-state index contributed by atoms with van der Waals surface area (Å²) >= 11 is 0. The summed E-state index contributed by atoms with van der Waals surface area (Å²) in [6.07, 6.45) is -2.30. The number of rotatable bonds is 6. The number of hydrogen-bond donors (Lipinski definition) is 1. The van der Waals surface area contributed by atoms with Gasteiger partial charge in [-0.3, -0.25) is 9.59 Å². The molecule has 2 heterocycles. The van der Waals surface area contributed by atoms with E-state index in [2.05, 4.69) is 10.3 Å². The van der Waals surface area contributed by atoms with Gasteiger partial charge in [0, 0.05) is 19.3 Å². The fourth-order valence-corrected chi connectivity index (χ4v) is 3.42. The van der Waals surface area contributed by atoms with Crippen molar-refractivity contribution in [2.45, 2.75) is 19.0 Å². The van der Waals surface area contributed by atoms with Gasteiger partial charge in [-0.1, -0.05) is 12.1 Å². The number of piperidine rings is 1. The monoisotopic (exact) mass is 437 g/mol. The zero-order valence-corrected chi connectivity index (χ0v) is 16.8. The van der Waals surface area contributed by atoms with Gasteiger partial charge in [-0.25, -0.2) is 4.98 Å². The lowest BCUT2D eigenvalue weighted by Gasteiger charge is -2.33. The lowest BCUT2D eigenvalue weighted by atomic mass is 9.98. The fraction of sp³-hybridized carbons (Fsp3) is 0.381. The average Bonchev–Trinajstić information content (AvgIpc) is 2.77. The number of aromatic nitrogens is 1. The predicted octanol–water partition coefficient (Wildman–Crippen LogP) is 3.51. The number of carbonyl (C=O) groups is 2. The van der Waals surface area contributed by atoms with E-state index in [0.717, 1.165) is 6.07 Å². The molecule has 1 fully saturated rings. The molecule has 166 valence electrons. The molecule has 0 radical (unpaired) electrons. The van der Waals surface area contributed by atoms with E-state index in [9.17, 15) is 22.8 Å². The first-order valence-corrected chi connectivity index (χ1v) is 9.66. The highest BCUT2D eigenvalue weighted by Crippen LogP contribution is 2.36. The Balaban J connectivity index is 1.59. The third-order valence-electron chi connectivity index (χ3n) is 4.87. The van der Waals surface area contributed by atoms with Crippen molar-refractivity contribution in [3.05, 3.63) is 48.2 Å². The lowest BCUT2D eigenvalue weighted by molar-refractivity contribution is -0.151. The Morgan fingerprint density at radius 3 is 2.74 bits per heavy atom. The molecule has 0 saturated carbocycles. The summed E-state index contributed by atoms with van der Waals surface area (Å²) in [5.74, 6) is -1.59. The minimum atomic E-state index is -4.55. The van der Waals surface area contributed by atoms with E-state index in [1.54, 1.807) is 24.3 Å². The van der Waals surface area contributed by atoms with Crippen molar-refractivity contribution >= 4 is 23.4 Å². The first-order chi connectivity index (χ1) is 14.8. The van der Waals surface area contributed by atoms with Crippen LogP contribution in [0.25, 0.3) is 0 Å². The molecular formula is C21H22F3N3O4. The second kappa shape index (κ2) is 9.67. The number of carbonyl (C=O) groups excluding carboxylic acids is 2. The maximum absolute atomic E-state index is 13.3. The smallest absolute Gasteiger partial charge is 0.419 e. The Hall–Kier alpha value is -3.30. The van der Waals surface area contributed by atoms with Crippen molar-refractivity contribution in [3.63, 3.8) is 0 Å². The van der Waals surface area contributed by atoms with Crippen LogP contribution in [0.2, 0.25) is 0 Å². The summed E-state index contributed by atoms with van der Waals surface area (Å²) in [7, 11) is 1.46. The van der Waals surface area contributed by atoms with Crippen LogP contribution < -0.4 is 15.0 Å². The van der Waals surface area contributed by atoms with Gasteiger partial charge in [-0.05, 0) is 37.1 Å². The molecule has 7 nitrogen and oxygen atoms in total. The number of methoxy groups -OCH3 is 1. The number of benzene rings is 1. The molecule has 1 aromatic heterocycles. The van der Waals surface area contributed by atoms with E-state index in [0.29, 0.717) is 30.8 Å². The molecule has 1 N–H and O–H groups in total. The summed E-state index contributed by atoms with van der Waals surface area (Å²) in [6.45, 7) is -0.129. The predicted molar refractivity (Wildman–Crippen MR) is 107 cm³/mol. The topological polar surface area (TPSA) is 80.8 Å². The maximum atomic E-state index is 13.3. The number of ether oxygens (including phenoxy) is 2. The Bertz CT molecular complexity index is 936. The molecule has 10 heteroatoms. The third-order valence-corrected chi connectivity index (χ3v) is 4.87. The summed E-state index contributed by atoms with van der Waals surface area (Å²) in [5, 5.41) is 2.59. The molecule has 3 rings (SSSR count). The van der Waals surface area contributed by atoms with E-state index >= 15 is 0 Å². The summed E-state index contributed by atoms with van der Waals surface area (Å²) in [6, 6.07) is 8.96. The second-order valence-electron chi connectivity index (χ2n) is 7.01. The molecule has 1 aliphatic heterocycles. The number of nitrogens with one attached hydrogen (secondary N) is 1. The summed E-state index contributed by atoms with van der Waals surface area (Å²) < 4.78 is 50.1. The van der Waals surface area contributed by atoms with Gasteiger partial charge in [0.05, 0.1) is 24.3 Å². The van der Waals surface area contributed by atoms with Crippen molar-refractivity contribution in [2.24, 2.45) is 5.92 Å². The van der Waals surface area contributed by atoms with Crippen LogP contribution in [-0.4, -0.2) is 43.7 Å². The molecule has 1 amide bonds. The second-order valence-corrected chi connectivity index (χ2v) is 7.01. The Morgan fingerprint density at radius 2 is 2.00 bits per heavy atom. The van der Waals surface area contributed by atoms with Gasteiger partial charge < -0.3 is 19.7 Å². The van der Waals surface area contributed by atoms with Crippen molar-refractivity contribution < 1.29 is 32.2 Å². The van der Waals surface area contributed by atoms with E-state index in [-0.39, 0.29) is 12.4 Å². The normalized spacial score (nSPS) is 16.5. The molecule has 1 aliphatic rings. The number of anilines is 2. The van der Waals surface area contributed by atoms with Crippen LogP contribution in [0.15, 0.2) is 42.6 Å². The maximum Gasteiger partial charge on any atom is 0.419 e. The zero-order chi connectivity index (χ0) is 22.4. The van der Waals surface area contributed by atoms with Crippen molar-refractivity contribution in [2.75, 3.05) is 37.0 Å². The van der Waals surface area contributed by atoms with Gasteiger partial charge in [-0.2, -0.15) is 13.2 Å². The number of alkyl halides is 3. The highest BCUT2D eigenvalue weighted by molar-refractivity contribution is 5.94. The standard InChI is InChI=1S/C21H22F3N3O4/c1-30-17-9-3-2-8-16(17)26-18(28)13-31-20(29)14-6-5-11-27(12-14)19-15(21(22,23)24)7-4-10-25-19/h2-4,7-10,14H,5-6,11-13H2,1H3,(H,26,28)/t14-/m0/s1. The van der Waals surface area contributed by atoms with Crippen molar-refractivity contribution in [3.8, 4) is 5.75 Å². The van der Waals surface area contributed by atoms with E-state index in [1.165, 1.54) is 24.3 Å². The third kappa shape index (κ3) is 5.65. The van der Waals surface area contributed by atoms with Gasteiger partial charge in [0.15, 0.2) is 6.61 Å². The number of amides is 1. The van der Waals surface area contributed by atoms with Crippen LogP contribution >= 0.6 is 0 Å². The Kier molecular flexibility index (Phi) is 6.98. The molecule has 0 aliphatic carbocycles. The SMILES string of the molecule is COc1ccccc1NC(=O)COC(=O)[C@H]1CCCN(c2ncccc2C(F)(F)F)C1. The Morgan fingerprint density at radius 1 is 1.23 bits per heavy atom. The molecule has 31 heavy (non-hydrogen) atoms. The molecule has 1 atom stereocenters. The molecule has 0 bridgehead atoms. The van der Waals surface area contributed by atoms with E-state index < -0.39 is 36.1 Å². The first kappa shape index (κ1) is 22.4. The fourth-order valence-electron chi connectivity index (χ4n) is 3.42. The van der Waals surface area contributed by atoms with Crippen molar-refractivity contribution in [1.82, 2.24) is 4.98 Å². The van der Waals surface area contributed by atoms with Crippen LogP contribution in [0.1, 0.15) is 18.4 Å². The van der Waals surface area contributed by atoms with Crippen LogP contribution in [0.3, 0.4) is 0 Å². The summed E-state index contributed by atoms with van der Waals surface area (Å²) in [5.41, 5.74) is -0.412. The number of para-hydroxylation sites is 2. The lowest BCUT2D eigenvalue weighted by Crippen LogP contribution is -2.41. The van der Waals surface area contributed by atoms with Gasteiger partial charge in [0.1, 0.15) is 11.6 Å². The first-order valence-electron chi connectivity index (χ1n) is 9.66. The number of nitrogens with zero attached hydrogens (tertiary/aromatic N) is 2. The van der Waals surface area contributed by atoms with E-state index in [4.69, 9.17) is 9.47 Å². The minimum Gasteiger partial charge on any atom is -0.495 e. The van der Waals surface area contributed by atoms with Crippen LogP contribution in [0.5, 0.6) is 5.75 Å². The highest BCUT2D eigenvalue weighted by Gasteiger charge is 2.37. The zero-order valence-electron chi connectivity index (χ0n) is 16.8. The molecule has 1 aromatic carbocycles. The van der Waals surface area contributed by atoms with Gasteiger partial charge in [-0.15, -0.1) is 0 Å². The van der Waals surface area contributed by atoms with Crippen molar-refractivity contribution in [1.29, 1.82) is 0 Å². The van der Waals surface area contributed by atoms with Crippen LogP contribution in [-0.2, 0) is 20.5 Å². The molecule has 2 aromatic rings. The average molecular weight is 437 g/mol. The Labute approximate surface area is 177 Å². The van der Waals surface area contributed by atoms with E-state index in [1.807, 2.05) is 0 Å². The van der Waals surface area contributed by atoms with Gasteiger partial charge in [0.2, 0.25) is 0 Å². The molecule has 1 saturated heterocycles. The highest BCUT2D eigenvalue weighted by atomic mass is 19.4. The molecular weight excluding hydrogens is 415 g/mol. The van der Waals surface area contributed by atoms with Crippen LogP contribution in [0, 0.1) is 5.92 Å². The largest absolute Gasteiger partial charge is 0.495 e. The minimum absolute atomic E-state index is 0.0348. The number of pyridine rings is 1. The number of hydrogen-bond acceptors (Lipinski definition) is 6. The summed E-state index contributed by atoms with van der Waals surface area (Å²) in [4.78, 5) is 29.9. The molecule has 0 spiro atoms. The van der Waals surface area contributed by atoms with Gasteiger partial charge >= 0.3 is 12.1 Å². The van der Waals surface area contributed by atoms with Gasteiger partial charge in [0.25, 0.3) is 5.91 Å². The number of halogens is 3. The molecule has 0 unspecified atom stereocenters. The van der Waals surface area contributed by atoms with Crippen LogP contribution in [0.4, 0.5) is 24.7 Å². The quantitative estimate of drug-likeness (QED) is 0.697.